The van der Waals surface area contributed by atoms with Crippen LogP contribution in [0.1, 0.15) is 41.4 Å². The summed E-state index contributed by atoms with van der Waals surface area (Å²) in [6, 6.07) is 19.0. The monoisotopic (exact) mass is 485 g/mol. The summed E-state index contributed by atoms with van der Waals surface area (Å²) in [5.74, 6) is 0.861. The molecule has 0 saturated heterocycles. The molecule has 3 heterocycles. The number of aromatic nitrogens is 4. The maximum absolute atomic E-state index is 6.80. The second-order valence-electron chi connectivity index (χ2n) is 9.38. The normalized spacial score (nSPS) is 11.8. The summed E-state index contributed by atoms with van der Waals surface area (Å²) in [7, 11) is 0. The maximum atomic E-state index is 6.80. The minimum absolute atomic E-state index is 0.713. The van der Waals surface area contributed by atoms with Gasteiger partial charge in [-0.2, -0.15) is 0 Å². The minimum Gasteiger partial charge on any atom is -0.297 e. The SMILES string of the molecule is CCCN(CCc1ccccc1)Cc1c(C)nc2n(-c3c(C)cc(C)cc3Cl)c3ncccc3n12. The zero-order valence-electron chi connectivity index (χ0n) is 20.9. The van der Waals surface area contributed by atoms with Crippen molar-refractivity contribution in [1.82, 2.24) is 23.8 Å². The number of halogens is 1. The van der Waals surface area contributed by atoms with Gasteiger partial charge in [0.2, 0.25) is 5.78 Å². The van der Waals surface area contributed by atoms with Crippen LogP contribution < -0.4 is 0 Å². The molecule has 0 N–H and O–H groups in total. The van der Waals surface area contributed by atoms with Gasteiger partial charge in [0.05, 0.1) is 27.6 Å². The minimum atomic E-state index is 0.713. The highest BCUT2D eigenvalue weighted by molar-refractivity contribution is 6.32. The number of rotatable bonds is 8. The Balaban J connectivity index is 1.61. The lowest BCUT2D eigenvalue weighted by atomic mass is 10.1. The van der Waals surface area contributed by atoms with Crippen molar-refractivity contribution in [1.29, 1.82) is 0 Å². The number of hydrogen-bond donors (Lipinski definition) is 0. The van der Waals surface area contributed by atoms with E-state index in [0.717, 1.165) is 71.9 Å². The first-order chi connectivity index (χ1) is 17.0. The molecule has 180 valence electrons. The van der Waals surface area contributed by atoms with Gasteiger partial charge in [-0.3, -0.25) is 13.9 Å². The van der Waals surface area contributed by atoms with Crippen molar-refractivity contribution < 1.29 is 0 Å². The summed E-state index contributed by atoms with van der Waals surface area (Å²) >= 11 is 6.80. The number of nitrogens with zero attached hydrogens (tertiary/aromatic N) is 5. The number of fused-ring (bicyclic) bond motifs is 3. The fourth-order valence-corrected chi connectivity index (χ4v) is 5.50. The van der Waals surface area contributed by atoms with E-state index in [2.05, 4.69) is 84.0 Å². The molecule has 0 fully saturated rings. The van der Waals surface area contributed by atoms with E-state index in [9.17, 15) is 0 Å². The van der Waals surface area contributed by atoms with E-state index < -0.39 is 0 Å². The Morgan fingerprint density at radius 1 is 0.971 bits per heavy atom. The molecule has 5 aromatic rings. The molecule has 0 bridgehead atoms. The highest BCUT2D eigenvalue weighted by Gasteiger charge is 2.23. The summed E-state index contributed by atoms with van der Waals surface area (Å²) in [5.41, 5.74) is 8.74. The van der Waals surface area contributed by atoms with Crippen LogP contribution in [0.25, 0.3) is 22.6 Å². The lowest BCUT2D eigenvalue weighted by Crippen LogP contribution is -2.27. The molecule has 5 nitrogen and oxygen atoms in total. The molecule has 0 radical (unpaired) electrons. The van der Waals surface area contributed by atoms with Gasteiger partial charge in [0.25, 0.3) is 0 Å². The third-order valence-corrected chi connectivity index (χ3v) is 6.96. The van der Waals surface area contributed by atoms with Crippen molar-refractivity contribution in [2.75, 3.05) is 13.1 Å². The van der Waals surface area contributed by atoms with Gasteiger partial charge in [0, 0.05) is 19.3 Å². The lowest BCUT2D eigenvalue weighted by molar-refractivity contribution is 0.265. The van der Waals surface area contributed by atoms with E-state index in [0.29, 0.717) is 5.02 Å². The summed E-state index contributed by atoms with van der Waals surface area (Å²) in [6.45, 7) is 11.4. The van der Waals surface area contributed by atoms with Gasteiger partial charge in [0.1, 0.15) is 0 Å². The summed E-state index contributed by atoms with van der Waals surface area (Å²) in [6.07, 6.45) is 3.98. The van der Waals surface area contributed by atoms with Gasteiger partial charge in [-0.1, -0.05) is 54.9 Å². The first-order valence-electron chi connectivity index (χ1n) is 12.3. The fourth-order valence-electron chi connectivity index (χ4n) is 5.09. The number of benzene rings is 2. The highest BCUT2D eigenvalue weighted by atomic mass is 35.5. The molecule has 0 aliphatic rings. The summed E-state index contributed by atoms with van der Waals surface area (Å²) < 4.78 is 4.40. The van der Waals surface area contributed by atoms with Crippen molar-refractivity contribution in [3.05, 3.63) is 93.9 Å². The van der Waals surface area contributed by atoms with Crippen molar-refractivity contribution >= 4 is 28.5 Å². The van der Waals surface area contributed by atoms with Gasteiger partial charge < -0.3 is 0 Å². The van der Waals surface area contributed by atoms with Gasteiger partial charge in [0.15, 0.2) is 5.65 Å². The highest BCUT2D eigenvalue weighted by Crippen LogP contribution is 2.33. The van der Waals surface area contributed by atoms with Crippen molar-refractivity contribution in [3.8, 4) is 5.69 Å². The topological polar surface area (TPSA) is 38.4 Å². The van der Waals surface area contributed by atoms with Crippen LogP contribution in [0.2, 0.25) is 5.02 Å². The van der Waals surface area contributed by atoms with Gasteiger partial charge >= 0.3 is 0 Å². The average Bonchev–Trinajstić information content (AvgIpc) is 3.31. The molecular weight excluding hydrogens is 454 g/mol. The first kappa shape index (κ1) is 23.6. The largest absolute Gasteiger partial charge is 0.297 e. The lowest BCUT2D eigenvalue weighted by Gasteiger charge is -2.22. The predicted octanol–water partition coefficient (Wildman–Crippen LogP) is 6.71. The van der Waals surface area contributed by atoms with Crippen molar-refractivity contribution in [2.45, 2.75) is 47.1 Å². The van der Waals surface area contributed by atoms with Crippen LogP contribution in [-0.4, -0.2) is 36.9 Å². The third-order valence-electron chi connectivity index (χ3n) is 6.67. The van der Waals surface area contributed by atoms with E-state index in [1.807, 2.05) is 18.3 Å². The molecule has 0 atom stereocenters. The summed E-state index contributed by atoms with van der Waals surface area (Å²) in [4.78, 5) is 12.4. The van der Waals surface area contributed by atoms with Crippen LogP contribution in [0.5, 0.6) is 0 Å². The zero-order chi connectivity index (χ0) is 24.5. The van der Waals surface area contributed by atoms with E-state index in [4.69, 9.17) is 21.6 Å². The Labute approximate surface area is 212 Å². The Hall–Kier alpha value is -3.15. The van der Waals surface area contributed by atoms with Crippen molar-refractivity contribution in [2.24, 2.45) is 0 Å². The van der Waals surface area contributed by atoms with Crippen LogP contribution in [0.3, 0.4) is 0 Å². The number of aryl methyl sites for hydroxylation is 3. The number of hydrogen-bond acceptors (Lipinski definition) is 3. The van der Waals surface area contributed by atoms with E-state index >= 15 is 0 Å². The van der Waals surface area contributed by atoms with Crippen LogP contribution >= 0.6 is 11.6 Å². The molecule has 0 unspecified atom stereocenters. The first-order valence-corrected chi connectivity index (χ1v) is 12.7. The molecule has 0 spiro atoms. The van der Waals surface area contributed by atoms with E-state index in [-0.39, 0.29) is 0 Å². The molecule has 0 aliphatic carbocycles. The number of imidazole rings is 2. The smallest absolute Gasteiger partial charge is 0.221 e. The molecule has 3 aromatic heterocycles. The zero-order valence-corrected chi connectivity index (χ0v) is 21.7. The van der Waals surface area contributed by atoms with Crippen LogP contribution in [0.15, 0.2) is 60.8 Å². The third kappa shape index (κ3) is 4.46. The molecule has 35 heavy (non-hydrogen) atoms. The molecule has 0 aliphatic heterocycles. The Bertz CT molecular complexity index is 1460. The average molecular weight is 486 g/mol. The van der Waals surface area contributed by atoms with E-state index in [1.165, 1.54) is 11.3 Å². The predicted molar refractivity (Wildman–Crippen MR) is 145 cm³/mol. The van der Waals surface area contributed by atoms with Crippen LogP contribution in [0.4, 0.5) is 0 Å². The van der Waals surface area contributed by atoms with Crippen LogP contribution in [-0.2, 0) is 13.0 Å². The second-order valence-corrected chi connectivity index (χ2v) is 9.79. The Kier molecular flexibility index (Phi) is 6.63. The standard InChI is InChI=1S/C29H32ClN5/c1-5-15-33(16-13-23-10-7-6-8-11-23)19-26-22(4)32-29-34(26)25-12-9-14-31-28(25)35(29)27-21(3)17-20(2)18-24(27)30/h6-12,14,17-18H,5,13,15-16,19H2,1-4H3. The molecule has 6 heteroatoms. The maximum Gasteiger partial charge on any atom is 0.221 e. The number of pyridine rings is 1. The molecule has 0 amide bonds. The Morgan fingerprint density at radius 3 is 2.51 bits per heavy atom. The van der Waals surface area contributed by atoms with Crippen LogP contribution in [0, 0.1) is 20.8 Å². The summed E-state index contributed by atoms with van der Waals surface area (Å²) in [5, 5.41) is 0.713. The Morgan fingerprint density at radius 2 is 1.77 bits per heavy atom. The van der Waals surface area contributed by atoms with Gasteiger partial charge in [-0.25, -0.2) is 9.97 Å². The van der Waals surface area contributed by atoms with E-state index in [1.54, 1.807) is 0 Å². The molecule has 2 aromatic carbocycles. The van der Waals surface area contributed by atoms with Crippen molar-refractivity contribution in [3.63, 3.8) is 0 Å². The molecular formula is C29H32ClN5. The van der Waals surface area contributed by atoms with Gasteiger partial charge in [-0.05, 0) is 75.0 Å². The quantitative estimate of drug-likeness (QED) is 0.245. The fraction of sp³-hybridized carbons (Fsp3) is 0.310. The second kappa shape index (κ2) is 9.84. The molecule has 5 rings (SSSR count). The van der Waals surface area contributed by atoms with Gasteiger partial charge in [-0.15, -0.1) is 0 Å². The molecule has 0 saturated carbocycles.